The lowest BCUT2D eigenvalue weighted by molar-refractivity contribution is -0.140. The molecule has 0 saturated carbocycles. The fourth-order valence-electron chi connectivity index (χ4n) is 3.51. The summed E-state index contributed by atoms with van der Waals surface area (Å²) in [7, 11) is 0. The Labute approximate surface area is 103 Å². The van der Waals surface area contributed by atoms with E-state index in [0.717, 1.165) is 39.3 Å². The van der Waals surface area contributed by atoms with Crippen molar-refractivity contribution in [1.82, 2.24) is 10.2 Å². The molecular formula is C13H22N2O2. The van der Waals surface area contributed by atoms with Gasteiger partial charge in [0.1, 0.15) is 0 Å². The molecule has 3 aliphatic heterocycles. The Morgan fingerprint density at radius 3 is 3.00 bits per heavy atom. The number of hydrogen-bond acceptors (Lipinski definition) is 3. The van der Waals surface area contributed by atoms with Crippen molar-refractivity contribution in [3.63, 3.8) is 0 Å². The van der Waals surface area contributed by atoms with Crippen molar-refractivity contribution < 1.29 is 9.53 Å². The summed E-state index contributed by atoms with van der Waals surface area (Å²) in [5, 5.41) is 3.50. The molecule has 0 aliphatic carbocycles. The summed E-state index contributed by atoms with van der Waals surface area (Å²) in [6.45, 7) is 6.66. The maximum atomic E-state index is 12.5. The lowest BCUT2D eigenvalue weighted by Crippen LogP contribution is -2.42. The number of nitrogens with one attached hydrogen (secondary N) is 1. The van der Waals surface area contributed by atoms with Crippen LogP contribution in [-0.2, 0) is 9.53 Å². The second kappa shape index (κ2) is 4.58. The molecule has 4 atom stereocenters. The van der Waals surface area contributed by atoms with Crippen LogP contribution in [0.3, 0.4) is 0 Å². The first-order valence-corrected chi connectivity index (χ1v) is 6.85. The highest BCUT2D eigenvalue weighted by Crippen LogP contribution is 2.29. The molecule has 0 aromatic rings. The first-order chi connectivity index (χ1) is 8.25. The summed E-state index contributed by atoms with van der Waals surface area (Å²) in [6.07, 6.45) is 2.14. The van der Waals surface area contributed by atoms with Crippen molar-refractivity contribution >= 4 is 5.91 Å². The van der Waals surface area contributed by atoms with Crippen LogP contribution in [0.2, 0.25) is 0 Å². The Morgan fingerprint density at radius 1 is 1.35 bits per heavy atom. The van der Waals surface area contributed by atoms with Gasteiger partial charge in [0.15, 0.2) is 0 Å². The standard InChI is InChI=1S/C13H22N2O2/c1-9-8-17-5-3-11(9)13(16)15-6-10-2-4-14-12(10)7-15/h9-12,14H,2-8H2,1H3/t9?,10-,11?,12+/m0/s1. The van der Waals surface area contributed by atoms with Gasteiger partial charge in [0, 0.05) is 38.3 Å². The number of fused-ring (bicyclic) bond motifs is 1. The predicted octanol–water partition coefficient (Wildman–Crippen LogP) is 0.479. The van der Waals surface area contributed by atoms with Gasteiger partial charge in [-0.2, -0.15) is 0 Å². The monoisotopic (exact) mass is 238 g/mol. The van der Waals surface area contributed by atoms with E-state index in [-0.39, 0.29) is 5.92 Å². The third-order valence-electron chi connectivity index (χ3n) is 4.63. The van der Waals surface area contributed by atoms with E-state index in [9.17, 15) is 4.79 Å². The predicted molar refractivity (Wildman–Crippen MR) is 64.6 cm³/mol. The van der Waals surface area contributed by atoms with Gasteiger partial charge < -0.3 is 15.0 Å². The molecule has 2 unspecified atom stereocenters. The maximum absolute atomic E-state index is 12.5. The third kappa shape index (κ3) is 2.08. The molecule has 96 valence electrons. The zero-order valence-electron chi connectivity index (χ0n) is 10.5. The molecule has 0 bridgehead atoms. The normalized spacial score (nSPS) is 41.6. The lowest BCUT2D eigenvalue weighted by Gasteiger charge is -2.31. The van der Waals surface area contributed by atoms with Crippen molar-refractivity contribution in [1.29, 1.82) is 0 Å². The van der Waals surface area contributed by atoms with Gasteiger partial charge in [-0.15, -0.1) is 0 Å². The van der Waals surface area contributed by atoms with Gasteiger partial charge in [-0.3, -0.25) is 4.79 Å². The minimum Gasteiger partial charge on any atom is -0.381 e. The second-order valence-electron chi connectivity index (χ2n) is 5.80. The lowest BCUT2D eigenvalue weighted by atomic mass is 9.89. The summed E-state index contributed by atoms with van der Waals surface area (Å²) in [4.78, 5) is 14.6. The number of amides is 1. The van der Waals surface area contributed by atoms with Crippen LogP contribution in [0.25, 0.3) is 0 Å². The average Bonchev–Trinajstić information content (AvgIpc) is 2.88. The van der Waals surface area contributed by atoms with Crippen LogP contribution in [-0.4, -0.2) is 49.7 Å². The molecule has 0 aromatic heterocycles. The molecule has 3 heterocycles. The van der Waals surface area contributed by atoms with E-state index in [0.29, 0.717) is 23.8 Å². The molecule has 17 heavy (non-hydrogen) atoms. The number of nitrogens with zero attached hydrogens (tertiary/aromatic N) is 1. The Kier molecular flexibility index (Phi) is 3.09. The first-order valence-electron chi connectivity index (χ1n) is 6.85. The number of ether oxygens (including phenoxy) is 1. The maximum Gasteiger partial charge on any atom is 0.226 e. The Bertz CT molecular complexity index is 296. The highest BCUT2D eigenvalue weighted by Gasteiger charge is 2.41. The topological polar surface area (TPSA) is 41.6 Å². The number of carbonyl (C=O) groups excluding carboxylic acids is 1. The van der Waals surface area contributed by atoms with E-state index in [2.05, 4.69) is 17.1 Å². The van der Waals surface area contributed by atoms with Crippen LogP contribution >= 0.6 is 0 Å². The van der Waals surface area contributed by atoms with E-state index < -0.39 is 0 Å². The molecule has 3 fully saturated rings. The largest absolute Gasteiger partial charge is 0.381 e. The summed E-state index contributed by atoms with van der Waals surface area (Å²) in [5.41, 5.74) is 0. The SMILES string of the molecule is CC1COCCC1C(=O)N1C[C@@H]2CCN[C@@H]2C1. The summed E-state index contributed by atoms with van der Waals surface area (Å²) < 4.78 is 5.42. The van der Waals surface area contributed by atoms with Gasteiger partial charge in [0.05, 0.1) is 0 Å². The summed E-state index contributed by atoms with van der Waals surface area (Å²) in [6, 6.07) is 0.564. The van der Waals surface area contributed by atoms with E-state index in [1.54, 1.807) is 0 Å². The van der Waals surface area contributed by atoms with Gasteiger partial charge in [0.25, 0.3) is 0 Å². The number of carbonyl (C=O) groups is 1. The van der Waals surface area contributed by atoms with E-state index >= 15 is 0 Å². The molecule has 4 heteroatoms. The zero-order valence-corrected chi connectivity index (χ0v) is 10.5. The molecule has 3 rings (SSSR count). The number of hydrogen-bond donors (Lipinski definition) is 1. The molecular weight excluding hydrogens is 216 g/mol. The Morgan fingerprint density at radius 2 is 2.24 bits per heavy atom. The van der Waals surface area contributed by atoms with E-state index in [4.69, 9.17) is 4.74 Å². The highest BCUT2D eigenvalue weighted by molar-refractivity contribution is 5.79. The minimum atomic E-state index is 0.197. The molecule has 0 aromatic carbocycles. The Hall–Kier alpha value is -0.610. The van der Waals surface area contributed by atoms with Crippen LogP contribution in [0.15, 0.2) is 0 Å². The highest BCUT2D eigenvalue weighted by atomic mass is 16.5. The van der Waals surface area contributed by atoms with Gasteiger partial charge >= 0.3 is 0 Å². The van der Waals surface area contributed by atoms with Crippen molar-refractivity contribution in [2.75, 3.05) is 32.8 Å². The number of likely N-dealkylation sites (tertiary alicyclic amines) is 1. The molecule has 1 amide bonds. The quantitative estimate of drug-likeness (QED) is 0.722. The molecule has 0 spiro atoms. The first kappa shape index (κ1) is 11.5. The molecule has 3 aliphatic rings. The molecule has 1 N–H and O–H groups in total. The smallest absolute Gasteiger partial charge is 0.226 e. The van der Waals surface area contributed by atoms with E-state index in [1.807, 2.05) is 0 Å². The van der Waals surface area contributed by atoms with Crippen LogP contribution in [0.5, 0.6) is 0 Å². The van der Waals surface area contributed by atoms with Crippen molar-refractivity contribution in [3.05, 3.63) is 0 Å². The van der Waals surface area contributed by atoms with Crippen LogP contribution in [0.4, 0.5) is 0 Å². The van der Waals surface area contributed by atoms with E-state index in [1.165, 1.54) is 6.42 Å². The van der Waals surface area contributed by atoms with Crippen molar-refractivity contribution in [2.45, 2.75) is 25.8 Å². The summed E-state index contributed by atoms with van der Waals surface area (Å²) >= 11 is 0. The van der Waals surface area contributed by atoms with Gasteiger partial charge in [-0.1, -0.05) is 6.92 Å². The molecule has 4 nitrogen and oxygen atoms in total. The van der Waals surface area contributed by atoms with Gasteiger partial charge in [0.2, 0.25) is 5.91 Å². The fourth-order valence-corrected chi connectivity index (χ4v) is 3.51. The summed E-state index contributed by atoms with van der Waals surface area (Å²) in [5.74, 6) is 1.65. The van der Waals surface area contributed by atoms with Gasteiger partial charge in [-0.25, -0.2) is 0 Å². The number of rotatable bonds is 1. The fraction of sp³-hybridized carbons (Fsp3) is 0.923. The van der Waals surface area contributed by atoms with Crippen LogP contribution < -0.4 is 5.32 Å². The average molecular weight is 238 g/mol. The van der Waals surface area contributed by atoms with Crippen LogP contribution in [0.1, 0.15) is 19.8 Å². The third-order valence-corrected chi connectivity index (χ3v) is 4.63. The van der Waals surface area contributed by atoms with Crippen molar-refractivity contribution in [2.24, 2.45) is 17.8 Å². The van der Waals surface area contributed by atoms with Gasteiger partial charge in [-0.05, 0) is 31.2 Å². The minimum absolute atomic E-state index is 0.197. The second-order valence-corrected chi connectivity index (χ2v) is 5.80. The molecule has 0 radical (unpaired) electrons. The molecule has 3 saturated heterocycles. The van der Waals surface area contributed by atoms with Crippen LogP contribution in [0, 0.1) is 17.8 Å². The van der Waals surface area contributed by atoms with Crippen molar-refractivity contribution in [3.8, 4) is 0 Å². The Balaban J connectivity index is 1.62. The zero-order chi connectivity index (χ0) is 11.8.